The average molecular weight is 685 g/mol. The van der Waals surface area contributed by atoms with Crippen molar-refractivity contribution in [2.75, 3.05) is 62.7 Å². The van der Waals surface area contributed by atoms with Gasteiger partial charge in [0.05, 0.1) is 28.5 Å². The van der Waals surface area contributed by atoms with Crippen molar-refractivity contribution in [3.8, 4) is 6.01 Å². The normalized spacial score (nSPS) is 23.5. The minimum atomic E-state index is -0.820. The number of nitrogens with zero attached hydrogens (tertiary/aromatic N) is 8. The maximum Gasteiger partial charge on any atom is 0.318 e. The van der Waals surface area contributed by atoms with Crippen molar-refractivity contribution >= 4 is 40.0 Å². The molecule has 49 heavy (non-hydrogen) atoms. The molecule has 1 N–H and O–H groups in total. The lowest BCUT2D eigenvalue weighted by Crippen LogP contribution is -2.54. The molecule has 2 aromatic heterocycles. The van der Waals surface area contributed by atoms with Crippen LogP contribution in [0.15, 0.2) is 61.1 Å². The quantitative estimate of drug-likeness (QED) is 0.246. The zero-order valence-electron chi connectivity index (χ0n) is 27.8. The lowest BCUT2D eigenvalue weighted by Gasteiger charge is -2.43. The number of aliphatic hydroxyl groups excluding tert-OH is 1. The highest BCUT2D eigenvalue weighted by Crippen LogP contribution is 2.41. The van der Waals surface area contributed by atoms with E-state index in [2.05, 4.69) is 56.0 Å². The van der Waals surface area contributed by atoms with Crippen molar-refractivity contribution in [3.05, 3.63) is 83.0 Å². The lowest BCUT2D eigenvalue weighted by molar-refractivity contribution is -0.0327. The molecule has 6 heterocycles. The number of rotatable bonds is 10. The Morgan fingerprint density at radius 1 is 1.14 bits per heavy atom. The maximum atomic E-state index is 14.5. The third-order valence-corrected chi connectivity index (χ3v) is 11.0. The number of hydrogen-bond acceptors (Lipinski definition) is 10. The van der Waals surface area contributed by atoms with E-state index in [1.54, 1.807) is 12.3 Å². The summed E-state index contributed by atoms with van der Waals surface area (Å²) in [5.41, 5.74) is 3.64. The van der Waals surface area contributed by atoms with Crippen LogP contribution in [0.2, 0.25) is 5.02 Å². The summed E-state index contributed by atoms with van der Waals surface area (Å²) in [6.07, 6.45) is 8.54. The number of likely N-dealkylation sites (tertiary alicyclic amines) is 1. The van der Waals surface area contributed by atoms with Crippen LogP contribution in [0.1, 0.15) is 36.2 Å². The molecule has 0 bridgehead atoms. The first-order valence-corrected chi connectivity index (χ1v) is 17.6. The van der Waals surface area contributed by atoms with Crippen molar-refractivity contribution in [2.24, 2.45) is 5.92 Å². The highest BCUT2D eigenvalue weighted by molar-refractivity contribution is 6.36. The van der Waals surface area contributed by atoms with Crippen LogP contribution in [-0.2, 0) is 13.0 Å². The van der Waals surface area contributed by atoms with E-state index in [-0.39, 0.29) is 5.54 Å². The minimum absolute atomic E-state index is 0.283. The maximum absolute atomic E-state index is 14.5. The predicted octanol–water partition coefficient (Wildman–Crippen LogP) is 4.99. The molecule has 2 aromatic carbocycles. The Morgan fingerprint density at radius 3 is 2.84 bits per heavy atom. The van der Waals surface area contributed by atoms with Gasteiger partial charge < -0.3 is 19.6 Å². The molecule has 0 saturated carbocycles. The molecule has 8 rings (SSSR count). The van der Waals surface area contributed by atoms with Gasteiger partial charge in [0.25, 0.3) is 0 Å². The molecule has 0 spiro atoms. The number of benzene rings is 2. The fourth-order valence-electron chi connectivity index (χ4n) is 8.28. The first-order chi connectivity index (χ1) is 23.8. The third-order valence-electron chi connectivity index (χ3n) is 10.7. The molecule has 4 aliphatic rings. The van der Waals surface area contributed by atoms with E-state index in [0.29, 0.717) is 38.0 Å². The topological polar surface area (TPSA) is 94.0 Å². The number of aliphatic hydroxyl groups is 1. The molecule has 0 aliphatic carbocycles. The molecule has 4 aromatic rings. The van der Waals surface area contributed by atoms with Crippen molar-refractivity contribution < 1.29 is 14.2 Å². The zero-order valence-corrected chi connectivity index (χ0v) is 28.5. The van der Waals surface area contributed by atoms with Gasteiger partial charge in [0, 0.05) is 74.9 Å². The number of alkyl halides is 1. The molecule has 4 aliphatic heterocycles. The van der Waals surface area contributed by atoms with E-state index in [9.17, 15) is 9.50 Å². The van der Waals surface area contributed by atoms with Gasteiger partial charge in [-0.15, -0.1) is 0 Å². The summed E-state index contributed by atoms with van der Waals surface area (Å²) in [5.74, 6) is 1.25. The number of halogens is 2. The van der Waals surface area contributed by atoms with Crippen LogP contribution < -0.4 is 14.5 Å². The van der Waals surface area contributed by atoms with Gasteiger partial charge >= 0.3 is 6.01 Å². The molecular weight excluding hydrogens is 643 g/mol. The first-order valence-electron chi connectivity index (χ1n) is 17.3. The Morgan fingerprint density at radius 2 is 2.00 bits per heavy atom. The number of fused-ring (bicyclic) bond motifs is 3. The SMILES string of the molecule is CN(CC1CN(C(O)/C=C/c2ccncn2)C1)c1nc(OC[C@@]23CCCN2C[C@H](F)C3)nc2c1CCN(c1cccc3cccc(Cl)c13)C2. The molecule has 1 unspecified atom stereocenters. The van der Waals surface area contributed by atoms with Crippen LogP contribution >= 0.6 is 11.6 Å². The molecule has 3 atom stereocenters. The molecular formula is C37H42ClFN8O2. The van der Waals surface area contributed by atoms with Crippen LogP contribution in [0.3, 0.4) is 0 Å². The van der Waals surface area contributed by atoms with Crippen molar-refractivity contribution in [1.29, 1.82) is 0 Å². The molecule has 10 nitrogen and oxygen atoms in total. The largest absolute Gasteiger partial charge is 0.461 e. The van der Waals surface area contributed by atoms with Gasteiger partial charge in [-0.05, 0) is 61.5 Å². The van der Waals surface area contributed by atoms with E-state index in [1.807, 2.05) is 29.2 Å². The number of anilines is 2. The summed E-state index contributed by atoms with van der Waals surface area (Å²) in [4.78, 5) is 27.0. The van der Waals surface area contributed by atoms with Gasteiger partial charge in [0.15, 0.2) is 0 Å². The van der Waals surface area contributed by atoms with Gasteiger partial charge in [-0.1, -0.05) is 35.9 Å². The first kappa shape index (κ1) is 32.3. The molecule has 0 radical (unpaired) electrons. The second-order valence-electron chi connectivity index (χ2n) is 14.0. The van der Waals surface area contributed by atoms with Crippen LogP contribution in [0.5, 0.6) is 6.01 Å². The Labute approximate surface area is 291 Å². The molecule has 0 amide bonds. The van der Waals surface area contributed by atoms with Gasteiger partial charge in [-0.2, -0.15) is 9.97 Å². The standard InChI is InChI=1S/C37H42ClFN8O2/c1-44(18-25-19-46(20-25)33(48)10-9-28-11-14-40-24-41-28)35-29-12-16-45(32-8-3-6-26-5-2-7-30(38)34(26)32)22-31(29)42-36(43-35)49-23-37-13-4-15-47(37)21-27(39)17-37/h2-3,5-11,14,24-25,27,33,48H,4,12-13,15-23H2,1H3/b10-9+/t27-,33?,37+/m1/s1. The van der Waals surface area contributed by atoms with Crippen LogP contribution in [-0.4, -0.2) is 106 Å². The Bertz CT molecular complexity index is 1840. The predicted molar refractivity (Wildman–Crippen MR) is 190 cm³/mol. The highest BCUT2D eigenvalue weighted by Gasteiger charge is 2.49. The highest BCUT2D eigenvalue weighted by atomic mass is 35.5. The fraction of sp³-hybridized carbons (Fsp3) is 0.459. The fourth-order valence-corrected chi connectivity index (χ4v) is 8.56. The summed E-state index contributed by atoms with van der Waals surface area (Å²) in [7, 11) is 2.08. The average Bonchev–Trinajstić information content (AvgIpc) is 3.63. The Kier molecular flexibility index (Phi) is 8.86. The van der Waals surface area contributed by atoms with Gasteiger partial charge in [-0.3, -0.25) is 9.80 Å². The van der Waals surface area contributed by atoms with Crippen molar-refractivity contribution in [3.63, 3.8) is 0 Å². The number of hydrogen-bond donors (Lipinski definition) is 1. The van der Waals surface area contributed by atoms with Crippen LogP contribution in [0.4, 0.5) is 15.9 Å². The molecule has 256 valence electrons. The van der Waals surface area contributed by atoms with E-state index in [4.69, 9.17) is 26.3 Å². The lowest BCUT2D eigenvalue weighted by atomic mass is 9.95. The zero-order chi connectivity index (χ0) is 33.5. The summed E-state index contributed by atoms with van der Waals surface area (Å²) >= 11 is 6.74. The minimum Gasteiger partial charge on any atom is -0.461 e. The summed E-state index contributed by atoms with van der Waals surface area (Å²) < 4.78 is 21.0. The van der Waals surface area contributed by atoms with E-state index >= 15 is 0 Å². The van der Waals surface area contributed by atoms with E-state index < -0.39 is 12.4 Å². The van der Waals surface area contributed by atoms with Gasteiger partial charge in [-0.25, -0.2) is 14.4 Å². The van der Waals surface area contributed by atoms with Crippen LogP contribution in [0, 0.1) is 5.92 Å². The second kappa shape index (κ2) is 13.4. The second-order valence-corrected chi connectivity index (χ2v) is 14.4. The summed E-state index contributed by atoms with van der Waals surface area (Å²) in [6, 6.07) is 14.5. The Balaban J connectivity index is 1.02. The smallest absolute Gasteiger partial charge is 0.318 e. The van der Waals surface area contributed by atoms with Crippen LogP contribution in [0.25, 0.3) is 16.8 Å². The summed E-state index contributed by atoms with van der Waals surface area (Å²) in [5, 5.41) is 13.6. The monoisotopic (exact) mass is 684 g/mol. The Hall–Kier alpha value is -3.90. The van der Waals surface area contributed by atoms with E-state index in [0.717, 1.165) is 96.2 Å². The van der Waals surface area contributed by atoms with Gasteiger partial charge in [0.1, 0.15) is 31.2 Å². The molecule has 3 saturated heterocycles. The third kappa shape index (κ3) is 6.45. The summed E-state index contributed by atoms with van der Waals surface area (Å²) in [6.45, 7) is 5.51. The number of aromatic nitrogens is 4. The van der Waals surface area contributed by atoms with Crippen molar-refractivity contribution in [2.45, 2.75) is 50.2 Å². The van der Waals surface area contributed by atoms with Gasteiger partial charge in [0.2, 0.25) is 0 Å². The molecule has 3 fully saturated rings. The van der Waals surface area contributed by atoms with Crippen molar-refractivity contribution in [1.82, 2.24) is 29.7 Å². The molecule has 12 heteroatoms. The number of ether oxygens (including phenoxy) is 1. The van der Waals surface area contributed by atoms with E-state index in [1.165, 1.54) is 6.33 Å².